The van der Waals surface area contributed by atoms with Crippen LogP contribution in [0.25, 0.3) is 11.0 Å². The Morgan fingerprint density at radius 3 is 2.71 bits per heavy atom. The van der Waals surface area contributed by atoms with Crippen molar-refractivity contribution in [2.75, 3.05) is 0 Å². The van der Waals surface area contributed by atoms with Gasteiger partial charge in [-0.25, -0.2) is 4.98 Å². The van der Waals surface area contributed by atoms with E-state index in [-0.39, 0.29) is 5.38 Å². The van der Waals surface area contributed by atoms with Crippen molar-refractivity contribution in [2.45, 2.75) is 51.5 Å². The Kier molecular flexibility index (Phi) is 4.20. The van der Waals surface area contributed by atoms with E-state index in [1.807, 2.05) is 19.1 Å². The molecular weight excluding hydrogens is 303 g/mol. The fourth-order valence-electron chi connectivity index (χ4n) is 3.75. The summed E-state index contributed by atoms with van der Waals surface area (Å²) >= 11 is 12.5. The minimum atomic E-state index is -0.0947. The predicted octanol–water partition coefficient (Wildman–Crippen LogP) is 5.99. The predicted molar refractivity (Wildman–Crippen MR) is 90.2 cm³/mol. The van der Waals surface area contributed by atoms with Crippen LogP contribution in [0.5, 0.6) is 0 Å². The molecule has 0 N–H and O–H groups in total. The molecule has 114 valence electrons. The number of rotatable bonds is 2. The summed E-state index contributed by atoms with van der Waals surface area (Å²) in [6.07, 6.45) is 3.75. The summed E-state index contributed by atoms with van der Waals surface area (Å²) in [4.78, 5) is 4.75. The van der Waals surface area contributed by atoms with Crippen LogP contribution in [0, 0.1) is 11.8 Å². The van der Waals surface area contributed by atoms with Crippen LogP contribution in [-0.4, -0.2) is 9.55 Å². The van der Waals surface area contributed by atoms with Crippen molar-refractivity contribution in [3.05, 3.63) is 29.0 Å². The summed E-state index contributed by atoms with van der Waals surface area (Å²) in [6, 6.07) is 6.45. The van der Waals surface area contributed by atoms with Gasteiger partial charge in [0.25, 0.3) is 0 Å². The van der Waals surface area contributed by atoms with Crippen LogP contribution in [-0.2, 0) is 0 Å². The van der Waals surface area contributed by atoms with Gasteiger partial charge in [0.2, 0.25) is 0 Å². The van der Waals surface area contributed by atoms with Gasteiger partial charge >= 0.3 is 0 Å². The van der Waals surface area contributed by atoms with Crippen LogP contribution in [0.2, 0.25) is 5.02 Å². The summed E-state index contributed by atoms with van der Waals surface area (Å²) < 4.78 is 2.37. The van der Waals surface area contributed by atoms with Crippen molar-refractivity contribution in [1.82, 2.24) is 9.55 Å². The Balaban J connectivity index is 2.13. The lowest BCUT2D eigenvalue weighted by Crippen LogP contribution is -2.26. The van der Waals surface area contributed by atoms with Crippen LogP contribution < -0.4 is 0 Å². The van der Waals surface area contributed by atoms with Gasteiger partial charge in [-0.05, 0) is 56.2 Å². The molecule has 4 unspecified atom stereocenters. The molecule has 1 aliphatic rings. The van der Waals surface area contributed by atoms with E-state index < -0.39 is 0 Å². The second-order valence-corrected chi connectivity index (χ2v) is 7.64. The van der Waals surface area contributed by atoms with Crippen LogP contribution in [0.1, 0.15) is 57.3 Å². The maximum Gasteiger partial charge on any atom is 0.127 e. The highest BCUT2D eigenvalue weighted by Crippen LogP contribution is 2.41. The first-order chi connectivity index (χ1) is 9.97. The van der Waals surface area contributed by atoms with Gasteiger partial charge in [0.15, 0.2) is 0 Å². The Labute approximate surface area is 136 Å². The minimum absolute atomic E-state index is 0.0947. The van der Waals surface area contributed by atoms with E-state index in [1.54, 1.807) is 0 Å². The van der Waals surface area contributed by atoms with Crippen molar-refractivity contribution < 1.29 is 0 Å². The molecule has 1 heterocycles. The highest BCUT2D eigenvalue weighted by Gasteiger charge is 2.30. The lowest BCUT2D eigenvalue weighted by atomic mass is 9.79. The third-order valence-electron chi connectivity index (χ3n) is 4.75. The number of aromatic nitrogens is 2. The Bertz CT molecular complexity index is 648. The monoisotopic (exact) mass is 324 g/mol. The number of alkyl halides is 1. The van der Waals surface area contributed by atoms with E-state index in [2.05, 4.69) is 24.5 Å². The van der Waals surface area contributed by atoms with Gasteiger partial charge in [-0.2, -0.15) is 0 Å². The molecule has 2 aromatic rings. The molecule has 4 heteroatoms. The highest BCUT2D eigenvalue weighted by molar-refractivity contribution is 6.31. The van der Waals surface area contributed by atoms with Gasteiger partial charge in [-0.3, -0.25) is 0 Å². The molecule has 0 radical (unpaired) electrons. The second kappa shape index (κ2) is 5.81. The Morgan fingerprint density at radius 1 is 1.29 bits per heavy atom. The lowest BCUT2D eigenvalue weighted by molar-refractivity contribution is 0.208. The maximum atomic E-state index is 6.40. The fourth-order valence-corrected chi connectivity index (χ4v) is 4.07. The molecule has 4 atom stereocenters. The molecule has 3 rings (SSSR count). The minimum Gasteiger partial charge on any atom is -0.323 e. The first kappa shape index (κ1) is 15.2. The number of nitrogens with zero attached hydrogens (tertiary/aromatic N) is 2. The number of hydrogen-bond acceptors (Lipinski definition) is 1. The SMILES string of the molecule is CC1CCC(n2c(C(C)Cl)nc3cc(Cl)ccc32)C(C)C1. The molecule has 1 aliphatic carbocycles. The van der Waals surface area contributed by atoms with Crippen molar-refractivity contribution >= 4 is 34.2 Å². The molecule has 0 spiro atoms. The summed E-state index contributed by atoms with van der Waals surface area (Å²) in [5, 5.41) is 0.633. The molecule has 1 fully saturated rings. The smallest absolute Gasteiger partial charge is 0.127 e. The van der Waals surface area contributed by atoms with Crippen LogP contribution >= 0.6 is 23.2 Å². The number of halogens is 2. The topological polar surface area (TPSA) is 17.8 Å². The van der Waals surface area contributed by atoms with E-state index in [0.29, 0.717) is 12.0 Å². The Morgan fingerprint density at radius 2 is 2.05 bits per heavy atom. The van der Waals surface area contributed by atoms with E-state index in [1.165, 1.54) is 19.3 Å². The molecule has 0 saturated heterocycles. The molecule has 1 saturated carbocycles. The average Bonchev–Trinajstić information content (AvgIpc) is 2.77. The molecular formula is C17H22Cl2N2. The van der Waals surface area contributed by atoms with Crippen molar-refractivity contribution in [2.24, 2.45) is 11.8 Å². The molecule has 21 heavy (non-hydrogen) atoms. The highest BCUT2D eigenvalue weighted by atomic mass is 35.5. The zero-order chi connectivity index (χ0) is 15.1. The van der Waals surface area contributed by atoms with E-state index in [4.69, 9.17) is 28.2 Å². The first-order valence-electron chi connectivity index (χ1n) is 7.78. The largest absolute Gasteiger partial charge is 0.323 e. The average molecular weight is 325 g/mol. The van der Waals surface area contributed by atoms with Crippen LogP contribution in [0.3, 0.4) is 0 Å². The van der Waals surface area contributed by atoms with Gasteiger partial charge < -0.3 is 4.57 Å². The van der Waals surface area contributed by atoms with Gasteiger partial charge in [0, 0.05) is 11.1 Å². The van der Waals surface area contributed by atoms with Crippen LogP contribution in [0.15, 0.2) is 18.2 Å². The Hall–Kier alpha value is -0.730. The fraction of sp³-hybridized carbons (Fsp3) is 0.588. The van der Waals surface area contributed by atoms with Crippen molar-refractivity contribution in [3.8, 4) is 0 Å². The molecule has 1 aromatic heterocycles. The summed E-state index contributed by atoms with van der Waals surface area (Å²) in [7, 11) is 0. The van der Waals surface area contributed by atoms with E-state index >= 15 is 0 Å². The van der Waals surface area contributed by atoms with Gasteiger partial charge in [0.1, 0.15) is 5.82 Å². The molecule has 0 bridgehead atoms. The normalized spacial score (nSPS) is 28.0. The number of fused-ring (bicyclic) bond motifs is 1. The molecule has 0 amide bonds. The molecule has 0 aliphatic heterocycles. The molecule has 1 aromatic carbocycles. The first-order valence-corrected chi connectivity index (χ1v) is 8.60. The zero-order valence-electron chi connectivity index (χ0n) is 12.8. The standard InChI is InChI=1S/C17H22Cl2N2/c1-10-4-6-15(11(2)8-10)21-16-7-5-13(19)9-14(16)20-17(21)12(3)18/h5,7,9-12,15H,4,6,8H2,1-3H3. The summed E-state index contributed by atoms with van der Waals surface area (Å²) in [5.41, 5.74) is 2.11. The lowest BCUT2D eigenvalue weighted by Gasteiger charge is -2.35. The van der Waals surface area contributed by atoms with Gasteiger partial charge in [-0.1, -0.05) is 25.4 Å². The number of benzene rings is 1. The van der Waals surface area contributed by atoms with Crippen molar-refractivity contribution in [1.29, 1.82) is 0 Å². The van der Waals surface area contributed by atoms with Crippen molar-refractivity contribution in [3.63, 3.8) is 0 Å². The van der Waals surface area contributed by atoms with Gasteiger partial charge in [-0.15, -0.1) is 11.6 Å². The number of hydrogen-bond donors (Lipinski definition) is 0. The van der Waals surface area contributed by atoms with Crippen LogP contribution in [0.4, 0.5) is 0 Å². The summed E-state index contributed by atoms with van der Waals surface area (Å²) in [6.45, 7) is 6.70. The van der Waals surface area contributed by atoms with Gasteiger partial charge in [0.05, 0.1) is 16.4 Å². The zero-order valence-corrected chi connectivity index (χ0v) is 14.3. The van der Waals surface area contributed by atoms with E-state index in [0.717, 1.165) is 27.8 Å². The summed E-state index contributed by atoms with van der Waals surface area (Å²) in [5.74, 6) is 2.44. The third-order valence-corrected chi connectivity index (χ3v) is 5.18. The number of imidazole rings is 1. The second-order valence-electron chi connectivity index (χ2n) is 6.55. The third kappa shape index (κ3) is 2.80. The van der Waals surface area contributed by atoms with E-state index in [9.17, 15) is 0 Å². The maximum absolute atomic E-state index is 6.40. The molecule has 2 nitrogen and oxygen atoms in total. The quantitative estimate of drug-likeness (QED) is 0.620.